The zero-order valence-electron chi connectivity index (χ0n) is 13.6. The van der Waals surface area contributed by atoms with Crippen molar-refractivity contribution in [2.75, 3.05) is 5.75 Å². The van der Waals surface area contributed by atoms with Crippen LogP contribution in [0, 0.1) is 0 Å². The summed E-state index contributed by atoms with van der Waals surface area (Å²) >= 11 is 2.98. The van der Waals surface area contributed by atoms with Gasteiger partial charge in [0, 0.05) is 0 Å². The van der Waals surface area contributed by atoms with E-state index in [0.29, 0.717) is 6.42 Å². The summed E-state index contributed by atoms with van der Waals surface area (Å²) in [6.45, 7) is 1.97. The lowest BCUT2D eigenvalue weighted by atomic mass is 10.1. The zero-order valence-corrected chi connectivity index (χ0v) is 15.2. The Hall–Kier alpha value is -2.38. The zero-order chi connectivity index (χ0) is 17.6. The van der Waals surface area contributed by atoms with Gasteiger partial charge in [0.2, 0.25) is 0 Å². The van der Waals surface area contributed by atoms with Crippen LogP contribution in [-0.4, -0.2) is 27.5 Å². The number of fused-ring (bicyclic) bond motifs is 1. The van der Waals surface area contributed by atoms with Gasteiger partial charge in [0.1, 0.15) is 5.75 Å². The molecule has 0 spiro atoms. The van der Waals surface area contributed by atoms with Gasteiger partial charge in [-0.25, -0.2) is 10.4 Å². The first kappa shape index (κ1) is 17.4. The molecule has 2 aromatic carbocycles. The van der Waals surface area contributed by atoms with Gasteiger partial charge < -0.3 is 5.11 Å². The quantitative estimate of drug-likeness (QED) is 0.390. The van der Waals surface area contributed by atoms with Crippen molar-refractivity contribution >= 4 is 44.9 Å². The summed E-state index contributed by atoms with van der Waals surface area (Å²) in [5.41, 5.74) is 5.18. The molecule has 3 rings (SSSR count). The first-order chi connectivity index (χ1) is 12.2. The summed E-state index contributed by atoms with van der Waals surface area (Å²) in [6, 6.07) is 14.7. The van der Waals surface area contributed by atoms with Crippen LogP contribution in [0.15, 0.2) is 58.0 Å². The fraction of sp³-hybridized carbons (Fsp3) is 0.167. The number of thioether (sulfide) groups is 1. The van der Waals surface area contributed by atoms with Crippen LogP contribution in [0.4, 0.5) is 0 Å². The number of hydrogen-bond acceptors (Lipinski definition) is 6. The smallest absolute Gasteiger partial charge is 0.250 e. The van der Waals surface area contributed by atoms with Crippen LogP contribution in [0.25, 0.3) is 10.2 Å². The lowest BCUT2D eigenvalue weighted by molar-refractivity contribution is -0.118. The first-order valence-corrected chi connectivity index (χ1v) is 9.59. The summed E-state index contributed by atoms with van der Waals surface area (Å²) in [7, 11) is 0. The van der Waals surface area contributed by atoms with Gasteiger partial charge in [-0.2, -0.15) is 5.10 Å². The van der Waals surface area contributed by atoms with Crippen molar-refractivity contribution in [3.8, 4) is 5.75 Å². The number of hydrazone groups is 1. The van der Waals surface area contributed by atoms with Crippen molar-refractivity contribution in [1.29, 1.82) is 0 Å². The Labute approximate surface area is 153 Å². The van der Waals surface area contributed by atoms with Crippen LogP contribution in [-0.2, 0) is 4.79 Å². The van der Waals surface area contributed by atoms with E-state index in [-0.39, 0.29) is 17.4 Å². The van der Waals surface area contributed by atoms with E-state index in [2.05, 4.69) is 15.5 Å². The topological polar surface area (TPSA) is 74.6 Å². The highest BCUT2D eigenvalue weighted by molar-refractivity contribution is 8.01. The molecule has 0 fully saturated rings. The molecular formula is C18H17N3O2S2. The predicted octanol–water partition coefficient (Wildman–Crippen LogP) is 4.02. The maximum atomic E-state index is 12.0. The highest BCUT2D eigenvalue weighted by Gasteiger charge is 2.08. The second-order valence-electron chi connectivity index (χ2n) is 5.23. The molecule has 3 aromatic rings. The van der Waals surface area contributed by atoms with Crippen LogP contribution in [0.2, 0.25) is 0 Å². The molecule has 0 saturated heterocycles. The molecule has 2 N–H and O–H groups in total. The summed E-state index contributed by atoms with van der Waals surface area (Å²) in [4.78, 5) is 16.5. The fourth-order valence-corrected chi connectivity index (χ4v) is 4.06. The molecule has 128 valence electrons. The number of aromatic nitrogens is 1. The summed E-state index contributed by atoms with van der Waals surface area (Å²) in [5, 5.41) is 13.5. The summed E-state index contributed by atoms with van der Waals surface area (Å²) in [5.74, 6) is 0.292. The van der Waals surface area contributed by atoms with Gasteiger partial charge in [0.15, 0.2) is 4.34 Å². The van der Waals surface area contributed by atoms with Crippen LogP contribution >= 0.6 is 23.1 Å². The number of rotatable bonds is 6. The Kier molecular flexibility index (Phi) is 5.67. The van der Waals surface area contributed by atoms with E-state index in [9.17, 15) is 9.90 Å². The first-order valence-electron chi connectivity index (χ1n) is 7.79. The minimum atomic E-state index is -0.172. The molecule has 1 aromatic heterocycles. The third-order valence-corrected chi connectivity index (χ3v) is 5.63. The molecule has 1 heterocycles. The highest BCUT2D eigenvalue weighted by atomic mass is 32.2. The second-order valence-corrected chi connectivity index (χ2v) is 7.48. The molecule has 0 atom stereocenters. The maximum absolute atomic E-state index is 12.0. The lowest BCUT2D eigenvalue weighted by Crippen LogP contribution is -2.21. The number of phenols is 1. The van der Waals surface area contributed by atoms with Crippen LogP contribution < -0.4 is 5.43 Å². The Balaban J connectivity index is 1.58. The molecule has 0 aliphatic heterocycles. The molecule has 0 aliphatic carbocycles. The maximum Gasteiger partial charge on any atom is 0.250 e. The second kappa shape index (κ2) is 8.13. The minimum Gasteiger partial charge on any atom is -0.508 e. The minimum absolute atomic E-state index is 0.172. The molecule has 0 radical (unpaired) electrons. The van der Waals surface area contributed by atoms with Gasteiger partial charge in [-0.05, 0) is 48.4 Å². The largest absolute Gasteiger partial charge is 0.508 e. The van der Waals surface area contributed by atoms with Gasteiger partial charge >= 0.3 is 0 Å². The van der Waals surface area contributed by atoms with E-state index < -0.39 is 0 Å². The van der Waals surface area contributed by atoms with E-state index in [1.165, 1.54) is 11.8 Å². The molecule has 7 heteroatoms. The van der Waals surface area contributed by atoms with Crippen molar-refractivity contribution in [3.05, 3.63) is 54.1 Å². The SMILES string of the molecule is CCC(=NNC(=O)CSc1nc2ccccc2s1)c1ccc(O)cc1. The van der Waals surface area contributed by atoms with Crippen molar-refractivity contribution in [3.63, 3.8) is 0 Å². The van der Waals surface area contributed by atoms with Gasteiger partial charge in [0.05, 0.1) is 21.7 Å². The number of thiazole rings is 1. The third-order valence-electron chi connectivity index (χ3n) is 3.45. The Morgan fingerprint density at radius 2 is 2.00 bits per heavy atom. The summed E-state index contributed by atoms with van der Waals surface area (Å²) in [6.07, 6.45) is 0.677. The Bertz CT molecular complexity index is 871. The third kappa shape index (κ3) is 4.58. The van der Waals surface area contributed by atoms with Crippen molar-refractivity contribution in [2.45, 2.75) is 17.7 Å². The molecule has 5 nitrogen and oxygen atoms in total. The monoisotopic (exact) mass is 371 g/mol. The van der Waals surface area contributed by atoms with Crippen LogP contribution in [0.1, 0.15) is 18.9 Å². The van der Waals surface area contributed by atoms with E-state index in [1.54, 1.807) is 35.6 Å². The molecule has 25 heavy (non-hydrogen) atoms. The van der Waals surface area contributed by atoms with E-state index in [0.717, 1.165) is 25.8 Å². The van der Waals surface area contributed by atoms with E-state index >= 15 is 0 Å². The Morgan fingerprint density at radius 3 is 2.72 bits per heavy atom. The average Bonchev–Trinajstić information content (AvgIpc) is 3.05. The number of nitrogens with zero attached hydrogens (tertiary/aromatic N) is 2. The van der Waals surface area contributed by atoms with Gasteiger partial charge in [-0.3, -0.25) is 4.79 Å². The van der Waals surface area contributed by atoms with E-state index in [1.807, 2.05) is 31.2 Å². The normalized spacial score (nSPS) is 11.6. The average molecular weight is 371 g/mol. The number of carbonyl (C=O) groups is 1. The summed E-state index contributed by atoms with van der Waals surface area (Å²) < 4.78 is 1.98. The van der Waals surface area contributed by atoms with Crippen molar-refractivity contribution < 1.29 is 9.90 Å². The standard InChI is InChI=1S/C18H17N3O2S2/c1-2-14(12-7-9-13(22)10-8-12)20-21-17(23)11-24-18-19-15-5-3-4-6-16(15)25-18/h3-10,22H,2,11H2,1H3,(H,21,23). The van der Waals surface area contributed by atoms with Gasteiger partial charge in [0.25, 0.3) is 5.91 Å². The van der Waals surface area contributed by atoms with Crippen molar-refractivity contribution in [1.82, 2.24) is 10.4 Å². The molecule has 0 unspecified atom stereocenters. The van der Waals surface area contributed by atoms with Crippen LogP contribution in [0.5, 0.6) is 5.75 Å². The number of nitrogens with one attached hydrogen (secondary N) is 1. The van der Waals surface area contributed by atoms with Gasteiger partial charge in [-0.1, -0.05) is 30.8 Å². The van der Waals surface area contributed by atoms with E-state index in [4.69, 9.17) is 0 Å². The predicted molar refractivity (Wildman–Crippen MR) is 103 cm³/mol. The number of aromatic hydroxyl groups is 1. The lowest BCUT2D eigenvalue weighted by Gasteiger charge is -2.05. The number of para-hydroxylation sites is 1. The number of benzene rings is 2. The molecular weight excluding hydrogens is 354 g/mol. The van der Waals surface area contributed by atoms with Crippen molar-refractivity contribution in [2.24, 2.45) is 5.10 Å². The van der Waals surface area contributed by atoms with Gasteiger partial charge in [-0.15, -0.1) is 11.3 Å². The molecule has 1 amide bonds. The highest BCUT2D eigenvalue weighted by Crippen LogP contribution is 2.29. The number of hydrogen-bond donors (Lipinski definition) is 2. The molecule has 0 saturated carbocycles. The number of amides is 1. The Morgan fingerprint density at radius 1 is 1.24 bits per heavy atom. The molecule has 0 bridgehead atoms. The molecule has 0 aliphatic rings. The van der Waals surface area contributed by atoms with Crippen LogP contribution in [0.3, 0.4) is 0 Å². The number of carbonyl (C=O) groups excluding carboxylic acids is 1. The fourth-order valence-electron chi connectivity index (χ4n) is 2.20. The number of phenolic OH excluding ortho intramolecular Hbond substituents is 1.